The Morgan fingerprint density at radius 2 is 1.35 bits per heavy atom. The molecule has 1 heteroatoms. The summed E-state index contributed by atoms with van der Waals surface area (Å²) >= 11 is 0. The van der Waals surface area contributed by atoms with E-state index in [2.05, 4.69) is 60.7 Å². The number of hydrogen-bond acceptors (Lipinski definition) is 1. The van der Waals surface area contributed by atoms with Crippen LogP contribution in [0.25, 0.3) is 0 Å². The molecule has 1 nitrogen and oxygen atoms in total. The van der Waals surface area contributed by atoms with Crippen LogP contribution in [0.4, 0.5) is 0 Å². The molecule has 0 aliphatic carbocycles. The molecule has 1 saturated heterocycles. The minimum atomic E-state index is 0.459. The van der Waals surface area contributed by atoms with Crippen molar-refractivity contribution in [3.05, 3.63) is 71.8 Å². The van der Waals surface area contributed by atoms with Crippen LogP contribution in [-0.4, -0.2) is 12.7 Å². The monoisotopic (exact) mass is 224 g/mol. The van der Waals surface area contributed by atoms with Gasteiger partial charge in [-0.25, -0.2) is 0 Å². The number of rotatable bonds is 4. The van der Waals surface area contributed by atoms with Crippen LogP contribution in [0.3, 0.4) is 0 Å². The Kier molecular flexibility index (Phi) is 2.93. The molecular weight excluding hydrogens is 208 g/mol. The van der Waals surface area contributed by atoms with E-state index in [9.17, 15) is 0 Å². The molecule has 0 amide bonds. The molecular formula is C16H16O. The van der Waals surface area contributed by atoms with Crippen LogP contribution >= 0.6 is 0 Å². The lowest BCUT2D eigenvalue weighted by Crippen LogP contribution is -2.04. The lowest BCUT2D eigenvalue weighted by Gasteiger charge is -2.16. The number of hydrogen-bond donors (Lipinski definition) is 0. The molecule has 1 heterocycles. The van der Waals surface area contributed by atoms with Crippen molar-refractivity contribution in [2.45, 2.75) is 18.4 Å². The van der Waals surface area contributed by atoms with Gasteiger partial charge in [-0.15, -0.1) is 0 Å². The van der Waals surface area contributed by atoms with Crippen LogP contribution in [0, 0.1) is 0 Å². The molecule has 0 bridgehead atoms. The summed E-state index contributed by atoms with van der Waals surface area (Å²) in [5.74, 6) is 0.463. The highest BCUT2D eigenvalue weighted by atomic mass is 16.6. The highest BCUT2D eigenvalue weighted by Crippen LogP contribution is 2.32. The molecule has 0 aromatic heterocycles. The molecule has 0 saturated carbocycles. The van der Waals surface area contributed by atoms with E-state index in [1.54, 1.807) is 0 Å². The van der Waals surface area contributed by atoms with Gasteiger partial charge in [0.1, 0.15) is 0 Å². The van der Waals surface area contributed by atoms with Crippen molar-refractivity contribution in [2.24, 2.45) is 0 Å². The summed E-state index contributed by atoms with van der Waals surface area (Å²) in [7, 11) is 0. The summed E-state index contributed by atoms with van der Waals surface area (Å²) < 4.78 is 5.38. The van der Waals surface area contributed by atoms with Gasteiger partial charge < -0.3 is 4.74 Å². The molecule has 0 radical (unpaired) electrons. The van der Waals surface area contributed by atoms with Crippen LogP contribution in [0.1, 0.15) is 23.5 Å². The Bertz CT molecular complexity index is 420. The fourth-order valence-corrected chi connectivity index (χ4v) is 2.30. The first-order valence-corrected chi connectivity index (χ1v) is 6.15. The van der Waals surface area contributed by atoms with Crippen LogP contribution in [0.2, 0.25) is 0 Å². The summed E-state index contributed by atoms with van der Waals surface area (Å²) in [5.41, 5.74) is 2.77. The molecule has 0 N–H and O–H groups in total. The van der Waals surface area contributed by atoms with Crippen molar-refractivity contribution >= 4 is 0 Å². The van der Waals surface area contributed by atoms with Gasteiger partial charge in [-0.1, -0.05) is 60.7 Å². The van der Waals surface area contributed by atoms with E-state index in [0.717, 1.165) is 13.0 Å². The zero-order valence-electron chi connectivity index (χ0n) is 9.75. The van der Waals surface area contributed by atoms with Gasteiger partial charge in [-0.05, 0) is 17.5 Å². The topological polar surface area (TPSA) is 12.5 Å². The van der Waals surface area contributed by atoms with Crippen molar-refractivity contribution in [3.63, 3.8) is 0 Å². The third kappa shape index (κ3) is 2.56. The van der Waals surface area contributed by atoms with Gasteiger partial charge in [0.15, 0.2) is 0 Å². The van der Waals surface area contributed by atoms with E-state index in [1.165, 1.54) is 11.1 Å². The van der Waals surface area contributed by atoms with Crippen LogP contribution < -0.4 is 0 Å². The van der Waals surface area contributed by atoms with E-state index in [1.807, 2.05) is 0 Å². The molecule has 0 spiro atoms. The van der Waals surface area contributed by atoms with Gasteiger partial charge in [-0.3, -0.25) is 0 Å². The van der Waals surface area contributed by atoms with Crippen molar-refractivity contribution < 1.29 is 4.74 Å². The van der Waals surface area contributed by atoms with Gasteiger partial charge >= 0.3 is 0 Å². The van der Waals surface area contributed by atoms with E-state index < -0.39 is 0 Å². The molecule has 2 aromatic carbocycles. The molecule has 0 unspecified atom stereocenters. The Labute approximate surface area is 102 Å². The third-order valence-corrected chi connectivity index (χ3v) is 3.30. The quantitative estimate of drug-likeness (QED) is 0.723. The summed E-state index contributed by atoms with van der Waals surface area (Å²) in [4.78, 5) is 0. The Hall–Kier alpha value is -1.60. The first-order valence-electron chi connectivity index (χ1n) is 6.15. The van der Waals surface area contributed by atoms with E-state index >= 15 is 0 Å². The van der Waals surface area contributed by atoms with Crippen LogP contribution in [-0.2, 0) is 4.74 Å². The first-order chi connectivity index (χ1) is 8.43. The summed E-state index contributed by atoms with van der Waals surface area (Å²) in [6, 6.07) is 21.4. The normalized spacial score (nSPS) is 18.3. The Balaban J connectivity index is 1.91. The van der Waals surface area contributed by atoms with Crippen molar-refractivity contribution in [1.82, 2.24) is 0 Å². The Morgan fingerprint density at radius 1 is 0.882 bits per heavy atom. The highest BCUT2D eigenvalue weighted by Gasteiger charge is 2.28. The average molecular weight is 224 g/mol. The molecule has 17 heavy (non-hydrogen) atoms. The van der Waals surface area contributed by atoms with Gasteiger partial charge in [0.25, 0.3) is 0 Å². The predicted molar refractivity (Wildman–Crippen MR) is 69.1 cm³/mol. The maximum absolute atomic E-state index is 5.38. The Morgan fingerprint density at radius 3 is 1.76 bits per heavy atom. The van der Waals surface area contributed by atoms with Crippen LogP contribution in [0.15, 0.2) is 60.7 Å². The number of ether oxygens (including phenoxy) is 1. The van der Waals surface area contributed by atoms with Crippen molar-refractivity contribution in [3.8, 4) is 0 Å². The summed E-state index contributed by atoms with van der Waals surface area (Å²) in [6.45, 7) is 0.927. The standard InChI is InChI=1S/C16H16O/c1-3-7-13(8-4-1)16(11-15-12-17-15)14-9-5-2-6-10-14/h1-10,15-16H,11-12H2/t15-/m0/s1. The van der Waals surface area contributed by atoms with Gasteiger partial charge in [0.05, 0.1) is 12.7 Å². The van der Waals surface area contributed by atoms with E-state index in [-0.39, 0.29) is 0 Å². The zero-order valence-corrected chi connectivity index (χ0v) is 9.75. The highest BCUT2D eigenvalue weighted by molar-refractivity contribution is 5.32. The number of benzene rings is 2. The fraction of sp³-hybridized carbons (Fsp3) is 0.250. The predicted octanol–water partition coefficient (Wildman–Crippen LogP) is 3.61. The van der Waals surface area contributed by atoms with E-state index in [4.69, 9.17) is 4.74 Å². The summed E-state index contributed by atoms with van der Waals surface area (Å²) in [5, 5.41) is 0. The number of epoxide rings is 1. The van der Waals surface area contributed by atoms with Gasteiger partial charge in [0, 0.05) is 5.92 Å². The molecule has 1 fully saturated rings. The van der Waals surface area contributed by atoms with Gasteiger partial charge in [-0.2, -0.15) is 0 Å². The van der Waals surface area contributed by atoms with Crippen LogP contribution in [0.5, 0.6) is 0 Å². The minimum absolute atomic E-state index is 0.459. The van der Waals surface area contributed by atoms with Crippen molar-refractivity contribution in [2.75, 3.05) is 6.61 Å². The van der Waals surface area contributed by atoms with E-state index in [0.29, 0.717) is 12.0 Å². The molecule has 1 aliphatic heterocycles. The smallest absolute Gasteiger partial charge is 0.0819 e. The lowest BCUT2D eigenvalue weighted by molar-refractivity contribution is 0.388. The summed E-state index contributed by atoms with van der Waals surface area (Å²) in [6.07, 6.45) is 1.55. The average Bonchev–Trinajstić information content (AvgIpc) is 3.22. The zero-order chi connectivity index (χ0) is 11.5. The van der Waals surface area contributed by atoms with Gasteiger partial charge in [0.2, 0.25) is 0 Å². The second kappa shape index (κ2) is 4.72. The maximum Gasteiger partial charge on any atom is 0.0819 e. The molecule has 1 aliphatic rings. The largest absolute Gasteiger partial charge is 0.373 e. The van der Waals surface area contributed by atoms with Crippen molar-refractivity contribution in [1.29, 1.82) is 0 Å². The minimum Gasteiger partial charge on any atom is -0.373 e. The molecule has 86 valence electrons. The second-order valence-electron chi connectivity index (χ2n) is 4.56. The molecule has 3 rings (SSSR count). The second-order valence-corrected chi connectivity index (χ2v) is 4.56. The third-order valence-electron chi connectivity index (χ3n) is 3.30. The SMILES string of the molecule is c1ccc(C(C[C@H]2CO2)c2ccccc2)cc1. The molecule has 2 aromatic rings. The lowest BCUT2D eigenvalue weighted by atomic mass is 9.87. The molecule has 1 atom stereocenters. The fourth-order valence-electron chi connectivity index (χ4n) is 2.30. The first kappa shape index (κ1) is 10.5. The maximum atomic E-state index is 5.38.